The Kier molecular flexibility index (Phi) is 11.6. The van der Waals surface area contributed by atoms with Crippen LogP contribution >= 0.6 is 23.7 Å². The van der Waals surface area contributed by atoms with E-state index in [-0.39, 0.29) is 17.3 Å². The molecule has 0 fully saturated rings. The van der Waals surface area contributed by atoms with Crippen LogP contribution in [-0.4, -0.2) is 37.6 Å². The van der Waals surface area contributed by atoms with E-state index in [4.69, 9.17) is 25.8 Å². The van der Waals surface area contributed by atoms with Crippen molar-refractivity contribution in [2.45, 2.75) is 50.7 Å². The number of hydrogen-bond donors (Lipinski definition) is 0. The van der Waals surface area contributed by atoms with E-state index in [0.29, 0.717) is 37.8 Å². The van der Waals surface area contributed by atoms with Crippen LogP contribution in [0.15, 0.2) is 48.5 Å². The second kappa shape index (κ2) is 13.9. The van der Waals surface area contributed by atoms with Crippen molar-refractivity contribution in [1.82, 2.24) is 0 Å². The lowest BCUT2D eigenvalue weighted by atomic mass is 9.78. The highest BCUT2D eigenvalue weighted by molar-refractivity contribution is 7.95. The highest BCUT2D eigenvalue weighted by Gasteiger charge is 2.23. The fourth-order valence-corrected chi connectivity index (χ4v) is 3.47. The third kappa shape index (κ3) is 8.55. The summed E-state index contributed by atoms with van der Waals surface area (Å²) in [5, 5.41) is -0.321. The standard InChI is InChI=1S/C25H34ClFO3S/c1-4-5-16-28-18-24(31-27)19-30-23-13-9-21(10-14-23)25(2,3)20-7-11-22(12-8-20)29-17-6-15-26/h7-14,24H,4-6,15-19H2,1-3H3. The van der Waals surface area contributed by atoms with E-state index >= 15 is 0 Å². The molecule has 1 unspecified atom stereocenters. The van der Waals surface area contributed by atoms with Gasteiger partial charge in [0.25, 0.3) is 0 Å². The maximum Gasteiger partial charge on any atom is 0.119 e. The van der Waals surface area contributed by atoms with E-state index in [0.717, 1.165) is 30.8 Å². The van der Waals surface area contributed by atoms with Crippen LogP contribution in [0.2, 0.25) is 0 Å². The quantitative estimate of drug-likeness (QED) is 0.204. The van der Waals surface area contributed by atoms with E-state index < -0.39 is 0 Å². The Morgan fingerprint density at radius 3 is 1.97 bits per heavy atom. The molecule has 0 N–H and O–H groups in total. The zero-order valence-corrected chi connectivity index (χ0v) is 20.3. The molecule has 0 spiro atoms. The maximum atomic E-state index is 13.1. The van der Waals surface area contributed by atoms with Crippen molar-refractivity contribution in [2.75, 3.05) is 32.3 Å². The van der Waals surface area contributed by atoms with Gasteiger partial charge in [0.1, 0.15) is 18.1 Å². The molecule has 1 atom stereocenters. The van der Waals surface area contributed by atoms with Gasteiger partial charge >= 0.3 is 0 Å². The van der Waals surface area contributed by atoms with Crippen LogP contribution in [0.25, 0.3) is 0 Å². The van der Waals surface area contributed by atoms with Crippen LogP contribution in [0.4, 0.5) is 3.89 Å². The number of rotatable bonds is 15. The predicted octanol–water partition coefficient (Wildman–Crippen LogP) is 7.20. The van der Waals surface area contributed by atoms with Crippen molar-refractivity contribution in [3.63, 3.8) is 0 Å². The van der Waals surface area contributed by atoms with Crippen LogP contribution < -0.4 is 9.47 Å². The molecule has 0 aromatic heterocycles. The number of halogens is 2. The predicted molar refractivity (Wildman–Crippen MR) is 130 cm³/mol. The Bertz CT molecular complexity index is 737. The van der Waals surface area contributed by atoms with E-state index in [2.05, 4.69) is 45.0 Å². The average molecular weight is 469 g/mol. The normalized spacial score (nSPS) is 12.5. The number of unbranched alkanes of at least 4 members (excludes halogenated alkanes) is 1. The summed E-state index contributed by atoms with van der Waals surface area (Å²) in [6.07, 6.45) is 2.89. The third-order valence-electron chi connectivity index (χ3n) is 5.21. The van der Waals surface area contributed by atoms with Gasteiger partial charge in [0.2, 0.25) is 0 Å². The molecule has 172 valence electrons. The molecule has 0 aliphatic heterocycles. The molecule has 0 bridgehead atoms. The van der Waals surface area contributed by atoms with Gasteiger partial charge in [-0.3, -0.25) is 0 Å². The molecule has 2 aromatic carbocycles. The fourth-order valence-electron chi connectivity index (χ4n) is 3.10. The Morgan fingerprint density at radius 2 is 1.45 bits per heavy atom. The monoisotopic (exact) mass is 468 g/mol. The smallest absolute Gasteiger partial charge is 0.119 e. The zero-order chi connectivity index (χ0) is 22.5. The fraction of sp³-hybridized carbons (Fsp3) is 0.520. The summed E-state index contributed by atoms with van der Waals surface area (Å²) < 4.78 is 30.1. The topological polar surface area (TPSA) is 27.7 Å². The van der Waals surface area contributed by atoms with Crippen LogP contribution in [0, 0.1) is 0 Å². The number of hydrogen-bond acceptors (Lipinski definition) is 4. The largest absolute Gasteiger partial charge is 0.494 e. The van der Waals surface area contributed by atoms with Gasteiger partial charge in [0.05, 0.1) is 30.6 Å². The van der Waals surface area contributed by atoms with Gasteiger partial charge in [-0.25, -0.2) is 0 Å². The minimum absolute atomic E-state index is 0.169. The highest BCUT2D eigenvalue weighted by Crippen LogP contribution is 2.33. The minimum atomic E-state index is -0.321. The Balaban J connectivity index is 1.91. The number of benzene rings is 2. The van der Waals surface area contributed by atoms with E-state index in [1.54, 1.807) is 0 Å². The lowest BCUT2D eigenvalue weighted by Gasteiger charge is -2.26. The van der Waals surface area contributed by atoms with Gasteiger partial charge < -0.3 is 14.2 Å². The summed E-state index contributed by atoms with van der Waals surface area (Å²) in [6, 6.07) is 16.2. The summed E-state index contributed by atoms with van der Waals surface area (Å²) in [4.78, 5) is 0. The van der Waals surface area contributed by atoms with Gasteiger partial charge in [-0.1, -0.05) is 51.5 Å². The van der Waals surface area contributed by atoms with Crippen molar-refractivity contribution < 1.29 is 18.1 Å². The molecular formula is C25H34ClFO3S. The van der Waals surface area contributed by atoms with Gasteiger partial charge in [-0.05, 0) is 48.2 Å². The van der Waals surface area contributed by atoms with Crippen LogP contribution in [0.5, 0.6) is 11.5 Å². The van der Waals surface area contributed by atoms with Crippen molar-refractivity contribution in [2.24, 2.45) is 0 Å². The summed E-state index contributed by atoms with van der Waals surface area (Å²) in [5.74, 6) is 2.19. The molecule has 0 heterocycles. The number of ether oxygens (including phenoxy) is 3. The first-order valence-electron chi connectivity index (χ1n) is 10.9. The summed E-state index contributed by atoms with van der Waals surface area (Å²) in [5.41, 5.74) is 2.21. The molecule has 2 rings (SSSR count). The summed E-state index contributed by atoms with van der Waals surface area (Å²) in [6.45, 7) is 8.41. The van der Waals surface area contributed by atoms with E-state index in [9.17, 15) is 3.89 Å². The van der Waals surface area contributed by atoms with Gasteiger partial charge in [-0.2, -0.15) is 3.89 Å². The van der Waals surface area contributed by atoms with Crippen molar-refractivity contribution in [1.29, 1.82) is 0 Å². The first kappa shape index (κ1) is 25.8. The Hall–Kier alpha value is -1.43. The molecule has 6 heteroatoms. The van der Waals surface area contributed by atoms with Gasteiger partial charge in [0, 0.05) is 17.9 Å². The second-order valence-corrected chi connectivity index (χ2v) is 9.24. The molecule has 2 aromatic rings. The lowest BCUT2D eigenvalue weighted by Crippen LogP contribution is -2.20. The van der Waals surface area contributed by atoms with Crippen LogP contribution in [0.1, 0.15) is 51.2 Å². The first-order chi connectivity index (χ1) is 15.0. The SMILES string of the molecule is CCCCOCC(COc1ccc(C(C)(C)c2ccc(OCCCCl)cc2)cc1)SF. The summed E-state index contributed by atoms with van der Waals surface area (Å²) >= 11 is 5.98. The van der Waals surface area contributed by atoms with Crippen LogP contribution in [-0.2, 0) is 10.2 Å². The van der Waals surface area contributed by atoms with Gasteiger partial charge in [0.15, 0.2) is 0 Å². The molecule has 31 heavy (non-hydrogen) atoms. The van der Waals surface area contributed by atoms with Crippen molar-refractivity contribution in [3.05, 3.63) is 59.7 Å². The van der Waals surface area contributed by atoms with Crippen molar-refractivity contribution >= 4 is 23.7 Å². The van der Waals surface area contributed by atoms with E-state index in [1.165, 1.54) is 11.1 Å². The molecule has 0 saturated carbocycles. The minimum Gasteiger partial charge on any atom is -0.494 e. The molecular weight excluding hydrogens is 435 g/mol. The van der Waals surface area contributed by atoms with Crippen LogP contribution in [0.3, 0.4) is 0 Å². The second-order valence-electron chi connectivity index (χ2n) is 8.02. The first-order valence-corrected chi connectivity index (χ1v) is 12.2. The molecule has 0 saturated heterocycles. The Labute approximate surface area is 195 Å². The third-order valence-corrected chi connectivity index (χ3v) is 6.00. The molecule has 0 aliphatic carbocycles. The average Bonchev–Trinajstić information content (AvgIpc) is 2.79. The molecule has 0 amide bonds. The summed E-state index contributed by atoms with van der Waals surface area (Å²) in [7, 11) is 0. The highest BCUT2D eigenvalue weighted by atomic mass is 35.5. The van der Waals surface area contributed by atoms with Crippen molar-refractivity contribution in [3.8, 4) is 11.5 Å². The molecule has 3 nitrogen and oxygen atoms in total. The number of alkyl halides is 1. The van der Waals surface area contributed by atoms with E-state index in [1.807, 2.05) is 24.3 Å². The maximum absolute atomic E-state index is 13.1. The lowest BCUT2D eigenvalue weighted by molar-refractivity contribution is 0.120. The zero-order valence-electron chi connectivity index (χ0n) is 18.7. The van der Waals surface area contributed by atoms with Gasteiger partial charge in [-0.15, -0.1) is 11.6 Å². The molecule has 0 aliphatic rings. The molecule has 0 radical (unpaired) electrons. The Morgan fingerprint density at radius 1 is 0.871 bits per heavy atom.